The van der Waals surface area contributed by atoms with Crippen molar-refractivity contribution in [1.82, 2.24) is 19.9 Å². The molecular weight excluding hydrogens is 420 g/mol. The molecular formula is C25H24N4O4. The molecule has 4 aromatic rings. The molecule has 0 bridgehead atoms. The zero-order valence-corrected chi connectivity index (χ0v) is 18.4. The zero-order valence-electron chi connectivity index (χ0n) is 18.4. The van der Waals surface area contributed by atoms with Crippen LogP contribution in [-0.2, 0) is 22.7 Å². The number of fused-ring (bicyclic) bond motifs is 1. The number of carboxylic acids is 1. The third-order valence-corrected chi connectivity index (χ3v) is 5.50. The normalized spacial score (nSPS) is 11.8. The Balaban J connectivity index is 1.74. The molecule has 0 spiro atoms. The molecule has 8 nitrogen and oxygen atoms in total. The predicted octanol–water partition coefficient (Wildman–Crippen LogP) is 3.60. The predicted molar refractivity (Wildman–Crippen MR) is 123 cm³/mol. The lowest BCUT2D eigenvalue weighted by Gasteiger charge is -2.30. The average molecular weight is 444 g/mol. The number of ether oxygens (including phenoxy) is 1. The Hall–Kier alpha value is -4.20. The number of aliphatic carboxylic acids is 1. The Morgan fingerprint density at radius 3 is 2.45 bits per heavy atom. The minimum Gasteiger partial charge on any atom is -0.496 e. The third-order valence-electron chi connectivity index (χ3n) is 5.50. The van der Waals surface area contributed by atoms with Crippen molar-refractivity contribution in [3.63, 3.8) is 0 Å². The maximum Gasteiger partial charge on any atom is 0.331 e. The third kappa shape index (κ3) is 4.69. The van der Waals surface area contributed by atoms with Crippen LogP contribution in [0.15, 0.2) is 72.8 Å². The van der Waals surface area contributed by atoms with E-state index in [-0.39, 0.29) is 13.1 Å². The van der Waals surface area contributed by atoms with Crippen LogP contribution in [-0.4, -0.2) is 44.0 Å². The van der Waals surface area contributed by atoms with Gasteiger partial charge in [0.05, 0.1) is 19.2 Å². The summed E-state index contributed by atoms with van der Waals surface area (Å²) >= 11 is 0. The van der Waals surface area contributed by atoms with Crippen molar-refractivity contribution in [2.45, 2.75) is 26.1 Å². The highest BCUT2D eigenvalue weighted by Gasteiger charge is 2.32. The molecule has 1 unspecified atom stereocenters. The zero-order chi connectivity index (χ0) is 23.4. The topological polar surface area (TPSA) is 97.5 Å². The fourth-order valence-electron chi connectivity index (χ4n) is 3.80. The minimum atomic E-state index is -1.18. The second-order valence-electron chi connectivity index (χ2n) is 7.72. The molecule has 0 aliphatic rings. The number of methoxy groups -OCH3 is 1. The molecule has 0 saturated heterocycles. The van der Waals surface area contributed by atoms with Crippen LogP contribution in [0.25, 0.3) is 11.0 Å². The summed E-state index contributed by atoms with van der Waals surface area (Å²) in [7, 11) is 1.54. The lowest BCUT2D eigenvalue weighted by molar-refractivity contribution is -0.151. The molecule has 0 aliphatic heterocycles. The first-order valence-corrected chi connectivity index (χ1v) is 10.5. The number of para-hydroxylation sites is 2. The first-order chi connectivity index (χ1) is 16.0. The Morgan fingerprint density at radius 2 is 1.73 bits per heavy atom. The Morgan fingerprint density at radius 1 is 1.03 bits per heavy atom. The van der Waals surface area contributed by atoms with Gasteiger partial charge in [0.15, 0.2) is 6.04 Å². The summed E-state index contributed by atoms with van der Waals surface area (Å²) in [5.41, 5.74) is 3.58. The molecule has 4 rings (SSSR count). The summed E-state index contributed by atoms with van der Waals surface area (Å²) in [5, 5.41) is 18.3. The molecule has 168 valence electrons. The maximum absolute atomic E-state index is 13.6. The van der Waals surface area contributed by atoms with E-state index in [0.717, 1.165) is 5.56 Å². The van der Waals surface area contributed by atoms with E-state index in [2.05, 4.69) is 10.3 Å². The van der Waals surface area contributed by atoms with Crippen molar-refractivity contribution < 1.29 is 19.4 Å². The number of aromatic nitrogens is 3. The van der Waals surface area contributed by atoms with Crippen LogP contribution in [0.3, 0.4) is 0 Å². The van der Waals surface area contributed by atoms with Gasteiger partial charge in [-0.2, -0.15) is 0 Å². The summed E-state index contributed by atoms with van der Waals surface area (Å²) < 4.78 is 6.93. The van der Waals surface area contributed by atoms with Crippen molar-refractivity contribution in [3.8, 4) is 5.75 Å². The lowest BCUT2D eigenvalue weighted by Crippen LogP contribution is -2.40. The fraction of sp³-hybridized carbons (Fsp3) is 0.200. The Labute approximate surface area is 191 Å². The van der Waals surface area contributed by atoms with E-state index < -0.39 is 17.9 Å². The van der Waals surface area contributed by atoms with Gasteiger partial charge in [0.2, 0.25) is 5.91 Å². The Kier molecular flexibility index (Phi) is 6.35. The van der Waals surface area contributed by atoms with Crippen molar-refractivity contribution in [2.75, 3.05) is 7.11 Å². The molecule has 8 heteroatoms. The molecule has 0 aliphatic carbocycles. The summed E-state index contributed by atoms with van der Waals surface area (Å²) in [5.74, 6) is -0.940. The second-order valence-corrected chi connectivity index (χ2v) is 7.72. The van der Waals surface area contributed by atoms with E-state index in [1.165, 1.54) is 9.58 Å². The quantitative estimate of drug-likeness (QED) is 0.446. The van der Waals surface area contributed by atoms with Gasteiger partial charge in [0, 0.05) is 5.56 Å². The van der Waals surface area contributed by atoms with Gasteiger partial charge in [-0.05, 0) is 30.7 Å². The van der Waals surface area contributed by atoms with Gasteiger partial charge < -0.3 is 14.7 Å². The van der Waals surface area contributed by atoms with E-state index >= 15 is 0 Å². The molecule has 0 radical (unpaired) electrons. The first kappa shape index (κ1) is 22.0. The van der Waals surface area contributed by atoms with Crippen LogP contribution in [0, 0.1) is 6.92 Å². The number of carbonyl (C=O) groups excluding carboxylic acids is 1. The van der Waals surface area contributed by atoms with E-state index in [4.69, 9.17) is 4.74 Å². The number of aryl methyl sites for hydroxylation is 1. The molecule has 1 N–H and O–H groups in total. The van der Waals surface area contributed by atoms with Crippen LogP contribution in [0.4, 0.5) is 0 Å². The molecule has 1 amide bonds. The van der Waals surface area contributed by atoms with Crippen LogP contribution in [0.2, 0.25) is 0 Å². The molecule has 33 heavy (non-hydrogen) atoms. The standard InChI is InChI=1S/C25H24N4O4/c1-17-11-13-18(14-12-17)24(25(31)32)28(15-19-7-3-6-10-22(19)33-2)23(30)16-29-21-9-5-4-8-20(21)26-27-29/h3-14,24H,15-16H2,1-2H3,(H,31,32). The number of benzene rings is 3. The number of rotatable bonds is 8. The van der Waals surface area contributed by atoms with E-state index in [0.29, 0.717) is 27.9 Å². The highest BCUT2D eigenvalue weighted by molar-refractivity contribution is 5.85. The van der Waals surface area contributed by atoms with Gasteiger partial charge in [-0.3, -0.25) is 4.79 Å². The van der Waals surface area contributed by atoms with Crippen LogP contribution < -0.4 is 4.74 Å². The second kappa shape index (κ2) is 9.52. The highest BCUT2D eigenvalue weighted by atomic mass is 16.5. The van der Waals surface area contributed by atoms with Gasteiger partial charge in [-0.1, -0.05) is 65.4 Å². The van der Waals surface area contributed by atoms with Gasteiger partial charge >= 0.3 is 5.97 Å². The van der Waals surface area contributed by atoms with Crippen molar-refractivity contribution in [2.24, 2.45) is 0 Å². The summed E-state index contributed by atoms with van der Waals surface area (Å²) in [6.07, 6.45) is 0. The molecule has 3 aromatic carbocycles. The van der Waals surface area contributed by atoms with E-state index in [9.17, 15) is 14.7 Å². The molecule has 1 atom stereocenters. The van der Waals surface area contributed by atoms with Crippen LogP contribution in [0.1, 0.15) is 22.7 Å². The smallest absolute Gasteiger partial charge is 0.331 e. The number of hydrogen-bond acceptors (Lipinski definition) is 5. The number of carbonyl (C=O) groups is 2. The van der Waals surface area contributed by atoms with Crippen molar-refractivity contribution in [1.29, 1.82) is 0 Å². The maximum atomic E-state index is 13.6. The fourth-order valence-corrected chi connectivity index (χ4v) is 3.80. The van der Waals surface area contributed by atoms with Gasteiger partial charge in [0.25, 0.3) is 0 Å². The molecule has 0 fully saturated rings. The van der Waals surface area contributed by atoms with Crippen molar-refractivity contribution in [3.05, 3.63) is 89.5 Å². The number of nitrogens with zero attached hydrogens (tertiary/aromatic N) is 4. The largest absolute Gasteiger partial charge is 0.496 e. The minimum absolute atomic E-state index is 0.0559. The average Bonchev–Trinajstić information content (AvgIpc) is 3.22. The van der Waals surface area contributed by atoms with Crippen LogP contribution in [0.5, 0.6) is 5.75 Å². The monoisotopic (exact) mass is 444 g/mol. The van der Waals surface area contributed by atoms with E-state index in [1.807, 2.05) is 61.5 Å². The lowest BCUT2D eigenvalue weighted by atomic mass is 10.0. The Bertz CT molecular complexity index is 1280. The number of carboxylic acid groups (broad SMARTS) is 1. The highest BCUT2D eigenvalue weighted by Crippen LogP contribution is 2.28. The van der Waals surface area contributed by atoms with Gasteiger partial charge in [0.1, 0.15) is 17.8 Å². The number of hydrogen-bond donors (Lipinski definition) is 1. The van der Waals surface area contributed by atoms with Gasteiger partial charge in [-0.25, -0.2) is 9.48 Å². The van der Waals surface area contributed by atoms with Crippen LogP contribution >= 0.6 is 0 Å². The molecule has 0 saturated carbocycles. The summed E-state index contributed by atoms with van der Waals surface area (Å²) in [6, 6.07) is 20.5. The van der Waals surface area contributed by atoms with Crippen molar-refractivity contribution >= 4 is 22.9 Å². The molecule has 1 heterocycles. The number of amides is 1. The summed E-state index contributed by atoms with van der Waals surface area (Å²) in [6.45, 7) is 1.83. The summed E-state index contributed by atoms with van der Waals surface area (Å²) in [4.78, 5) is 27.4. The first-order valence-electron chi connectivity index (χ1n) is 10.5. The molecule has 1 aromatic heterocycles. The van der Waals surface area contributed by atoms with Gasteiger partial charge in [-0.15, -0.1) is 5.10 Å². The SMILES string of the molecule is COc1ccccc1CN(C(=O)Cn1nnc2ccccc21)C(C(=O)O)c1ccc(C)cc1. The van der Waals surface area contributed by atoms with E-state index in [1.54, 1.807) is 25.3 Å².